The molecule has 0 aromatic heterocycles. The van der Waals surface area contributed by atoms with Crippen LogP contribution < -0.4 is 24.3 Å². The standard InChI is InChI=1S/C26H35N3O6S/c1-28-9-11-29(12-10-28)17-26(30)27-22-14-19(6-7-23(22)33-3)18-36(31)13-8-21-24(34-4)15-20(32-2)16-25(21)35-5/h6-8,13-16H,9-12,17-18H2,1-5H3,(H,27,30). The molecule has 0 bridgehead atoms. The average molecular weight is 518 g/mol. The summed E-state index contributed by atoms with van der Waals surface area (Å²) >= 11 is -1.33. The maximum Gasteiger partial charge on any atom is 0.238 e. The third kappa shape index (κ3) is 7.54. The highest BCUT2D eigenvalue weighted by Gasteiger charge is 2.18. The van der Waals surface area contributed by atoms with Crippen LogP contribution in [0.4, 0.5) is 5.69 Å². The second kappa shape index (κ2) is 13.4. The van der Waals surface area contributed by atoms with Crippen LogP contribution in [0, 0.1) is 0 Å². The van der Waals surface area contributed by atoms with Crippen molar-refractivity contribution in [1.82, 2.24) is 9.80 Å². The molecule has 0 saturated carbocycles. The maximum atomic E-state index is 12.9. The molecule has 1 aliphatic heterocycles. The van der Waals surface area contributed by atoms with Crippen LogP contribution in [0.3, 0.4) is 0 Å². The zero-order valence-corrected chi connectivity index (χ0v) is 22.4. The lowest BCUT2D eigenvalue weighted by molar-refractivity contribution is -0.117. The van der Waals surface area contributed by atoms with Crippen molar-refractivity contribution in [2.45, 2.75) is 5.75 Å². The van der Waals surface area contributed by atoms with Gasteiger partial charge < -0.3 is 33.7 Å². The number of methoxy groups -OCH3 is 4. The first-order chi connectivity index (χ1) is 17.4. The molecular formula is C26H35N3O6S. The molecule has 1 amide bonds. The number of anilines is 1. The van der Waals surface area contributed by atoms with Crippen LogP contribution in [0.15, 0.2) is 35.7 Å². The number of piperazine rings is 1. The molecule has 3 rings (SSSR count). The molecule has 2 aromatic rings. The Bertz CT molecular complexity index is 1030. The number of ether oxygens (including phenoxy) is 4. The van der Waals surface area contributed by atoms with Crippen LogP contribution in [0.1, 0.15) is 11.1 Å². The molecular weight excluding hydrogens is 482 g/mol. The minimum absolute atomic E-state index is 0.102. The Hall–Kier alpha value is -2.92. The molecule has 1 unspecified atom stereocenters. The fraction of sp³-hybridized carbons (Fsp3) is 0.423. The molecule has 9 nitrogen and oxygen atoms in total. The zero-order chi connectivity index (χ0) is 26.1. The maximum absolute atomic E-state index is 12.9. The van der Waals surface area contributed by atoms with Gasteiger partial charge in [-0.3, -0.25) is 9.69 Å². The van der Waals surface area contributed by atoms with Crippen molar-refractivity contribution < 1.29 is 28.3 Å². The first-order valence-electron chi connectivity index (χ1n) is 11.6. The summed E-state index contributed by atoms with van der Waals surface area (Å²) in [4.78, 5) is 17.0. The molecule has 1 fully saturated rings. The van der Waals surface area contributed by atoms with E-state index in [4.69, 9.17) is 18.9 Å². The van der Waals surface area contributed by atoms with Crippen LogP contribution >= 0.6 is 0 Å². The fourth-order valence-electron chi connectivity index (χ4n) is 3.89. The highest BCUT2D eigenvalue weighted by Crippen LogP contribution is 2.35. The van der Waals surface area contributed by atoms with Crippen molar-refractivity contribution >= 4 is 28.8 Å². The van der Waals surface area contributed by atoms with E-state index in [1.807, 2.05) is 6.07 Å². The van der Waals surface area contributed by atoms with E-state index in [9.17, 15) is 9.35 Å². The van der Waals surface area contributed by atoms with Crippen LogP contribution in [-0.4, -0.2) is 88.5 Å². The normalized spacial score (nSPS) is 15.5. The SMILES string of the molecule is COc1cc(OC)c(C=C[S+]([O-])Cc2ccc(OC)c(NC(=O)CN3CCN(C)CC3)c2)c(OC)c1. The largest absolute Gasteiger partial charge is 0.612 e. The molecule has 1 atom stereocenters. The number of nitrogens with zero attached hydrogens (tertiary/aromatic N) is 2. The van der Waals surface area contributed by atoms with E-state index in [1.54, 1.807) is 64.2 Å². The number of hydrogen-bond acceptors (Lipinski definition) is 8. The summed E-state index contributed by atoms with van der Waals surface area (Å²) in [7, 11) is 8.31. The van der Waals surface area contributed by atoms with Crippen molar-refractivity contribution in [2.24, 2.45) is 0 Å². The number of nitrogens with one attached hydrogen (secondary N) is 1. The molecule has 1 saturated heterocycles. The Morgan fingerprint density at radius 2 is 1.61 bits per heavy atom. The molecule has 196 valence electrons. The van der Waals surface area contributed by atoms with Gasteiger partial charge in [-0.15, -0.1) is 0 Å². The number of carbonyl (C=O) groups excluding carboxylic acids is 1. The van der Waals surface area contributed by atoms with Crippen LogP contribution in [0.5, 0.6) is 23.0 Å². The van der Waals surface area contributed by atoms with Crippen LogP contribution in [-0.2, 0) is 21.7 Å². The van der Waals surface area contributed by atoms with Gasteiger partial charge in [0.25, 0.3) is 0 Å². The van der Waals surface area contributed by atoms with E-state index in [0.29, 0.717) is 40.8 Å². The smallest absolute Gasteiger partial charge is 0.238 e. The van der Waals surface area contributed by atoms with Crippen molar-refractivity contribution in [3.05, 3.63) is 46.9 Å². The number of benzene rings is 2. The Balaban J connectivity index is 1.68. The van der Waals surface area contributed by atoms with Gasteiger partial charge in [0.05, 0.1) is 46.2 Å². The summed E-state index contributed by atoms with van der Waals surface area (Å²) in [6.07, 6.45) is 1.72. The van der Waals surface area contributed by atoms with Crippen molar-refractivity contribution in [2.75, 3.05) is 73.5 Å². The Labute approximate surface area is 216 Å². The number of amides is 1. The Kier molecular flexibility index (Phi) is 10.3. The van der Waals surface area contributed by atoms with Gasteiger partial charge in [-0.2, -0.15) is 0 Å². The summed E-state index contributed by atoms with van der Waals surface area (Å²) in [5.74, 6) is 2.42. The molecule has 1 heterocycles. The topological polar surface area (TPSA) is 95.6 Å². The van der Waals surface area contributed by atoms with Crippen LogP contribution in [0.25, 0.3) is 6.08 Å². The Morgan fingerprint density at radius 3 is 2.19 bits per heavy atom. The number of hydrogen-bond donors (Lipinski definition) is 1. The van der Waals surface area contributed by atoms with E-state index < -0.39 is 11.2 Å². The summed E-state index contributed by atoms with van der Waals surface area (Å²) < 4.78 is 34.5. The predicted molar refractivity (Wildman–Crippen MR) is 143 cm³/mol. The van der Waals surface area contributed by atoms with Crippen molar-refractivity contribution in [3.63, 3.8) is 0 Å². The average Bonchev–Trinajstić information content (AvgIpc) is 2.88. The minimum atomic E-state index is -1.33. The first-order valence-corrected chi connectivity index (χ1v) is 13.0. The van der Waals surface area contributed by atoms with Gasteiger partial charge in [0.2, 0.25) is 5.91 Å². The van der Waals surface area contributed by atoms with E-state index in [2.05, 4.69) is 22.2 Å². The molecule has 10 heteroatoms. The molecule has 0 aliphatic carbocycles. The summed E-state index contributed by atoms with van der Waals surface area (Å²) in [6.45, 7) is 3.92. The van der Waals surface area contributed by atoms with Crippen molar-refractivity contribution in [1.29, 1.82) is 0 Å². The molecule has 36 heavy (non-hydrogen) atoms. The van der Waals surface area contributed by atoms with Gasteiger partial charge in [0.15, 0.2) is 0 Å². The third-order valence-electron chi connectivity index (χ3n) is 5.95. The lowest BCUT2D eigenvalue weighted by Gasteiger charge is -2.31. The van der Waals surface area contributed by atoms with E-state index >= 15 is 0 Å². The lowest BCUT2D eigenvalue weighted by Crippen LogP contribution is -2.47. The van der Waals surface area contributed by atoms with Gasteiger partial charge in [0, 0.05) is 50.0 Å². The molecule has 1 aliphatic rings. The Morgan fingerprint density at radius 1 is 0.972 bits per heavy atom. The monoisotopic (exact) mass is 517 g/mol. The minimum Gasteiger partial charge on any atom is -0.612 e. The van der Waals surface area contributed by atoms with Crippen molar-refractivity contribution in [3.8, 4) is 23.0 Å². The first kappa shape index (κ1) is 27.7. The number of carbonyl (C=O) groups is 1. The lowest BCUT2D eigenvalue weighted by atomic mass is 10.1. The molecule has 1 N–H and O–H groups in total. The summed E-state index contributed by atoms with van der Waals surface area (Å²) in [5.41, 5.74) is 2.04. The van der Waals surface area contributed by atoms with Crippen LogP contribution in [0.2, 0.25) is 0 Å². The third-order valence-corrected chi connectivity index (χ3v) is 7.01. The second-order valence-electron chi connectivity index (χ2n) is 8.44. The quantitative estimate of drug-likeness (QED) is 0.455. The second-order valence-corrected chi connectivity index (χ2v) is 9.76. The molecule has 2 aromatic carbocycles. The predicted octanol–water partition coefficient (Wildman–Crippen LogP) is 2.83. The van der Waals surface area contributed by atoms with Gasteiger partial charge in [0.1, 0.15) is 34.2 Å². The molecule has 0 spiro atoms. The van der Waals surface area contributed by atoms with E-state index in [1.165, 1.54) is 0 Å². The summed E-state index contributed by atoms with van der Waals surface area (Å²) in [6, 6.07) is 8.91. The van der Waals surface area contributed by atoms with E-state index in [0.717, 1.165) is 31.7 Å². The fourth-order valence-corrected chi connectivity index (χ4v) is 4.79. The molecule has 0 radical (unpaired) electrons. The van der Waals surface area contributed by atoms with Gasteiger partial charge in [-0.25, -0.2) is 0 Å². The number of likely N-dealkylation sites (N-methyl/N-ethyl adjacent to an activating group) is 1. The highest BCUT2D eigenvalue weighted by atomic mass is 32.2. The van der Waals surface area contributed by atoms with Gasteiger partial charge in [-0.05, 0) is 30.4 Å². The zero-order valence-electron chi connectivity index (χ0n) is 21.5. The number of rotatable bonds is 11. The van der Waals surface area contributed by atoms with Gasteiger partial charge >= 0.3 is 0 Å². The van der Waals surface area contributed by atoms with Gasteiger partial charge in [-0.1, -0.05) is 6.07 Å². The summed E-state index contributed by atoms with van der Waals surface area (Å²) in [5, 5.41) is 4.55. The highest BCUT2D eigenvalue weighted by molar-refractivity contribution is 7.93. The van der Waals surface area contributed by atoms with E-state index in [-0.39, 0.29) is 11.7 Å².